The fourth-order valence-corrected chi connectivity index (χ4v) is 2.42. The molecular weight excluding hydrogens is 224 g/mol. The Morgan fingerprint density at radius 1 is 1.44 bits per heavy atom. The molecule has 1 saturated heterocycles. The number of rotatable bonds is 4. The summed E-state index contributed by atoms with van der Waals surface area (Å²) in [4.78, 5) is 11.9. The van der Waals surface area contributed by atoms with Gasteiger partial charge in [-0.1, -0.05) is 24.1 Å². The minimum atomic E-state index is 0.0366. The molecule has 0 bridgehead atoms. The van der Waals surface area contributed by atoms with Crippen LogP contribution in [0.15, 0.2) is 24.3 Å². The molecule has 0 saturated carbocycles. The van der Waals surface area contributed by atoms with Gasteiger partial charge in [0, 0.05) is 18.2 Å². The van der Waals surface area contributed by atoms with E-state index in [2.05, 4.69) is 10.6 Å². The van der Waals surface area contributed by atoms with E-state index >= 15 is 0 Å². The van der Waals surface area contributed by atoms with Crippen molar-refractivity contribution in [1.82, 2.24) is 10.6 Å². The van der Waals surface area contributed by atoms with Crippen molar-refractivity contribution in [2.75, 3.05) is 13.1 Å². The Kier molecular flexibility index (Phi) is 4.76. The quantitative estimate of drug-likeness (QED) is 0.855. The minimum absolute atomic E-state index is 0.0366. The van der Waals surface area contributed by atoms with Crippen LogP contribution in [0.3, 0.4) is 0 Å². The molecule has 3 nitrogen and oxygen atoms in total. The summed E-state index contributed by atoms with van der Waals surface area (Å²) in [5.41, 5.74) is 1.88. The zero-order valence-corrected chi connectivity index (χ0v) is 11.0. The first-order chi connectivity index (χ1) is 8.75. The van der Waals surface area contributed by atoms with Gasteiger partial charge in [-0.15, -0.1) is 0 Å². The Morgan fingerprint density at radius 3 is 3.06 bits per heavy atom. The molecule has 1 unspecified atom stereocenters. The largest absolute Gasteiger partial charge is 0.352 e. The van der Waals surface area contributed by atoms with Gasteiger partial charge < -0.3 is 10.6 Å². The number of hydrogen-bond acceptors (Lipinski definition) is 2. The maximum Gasteiger partial charge on any atom is 0.251 e. The topological polar surface area (TPSA) is 41.1 Å². The van der Waals surface area contributed by atoms with Crippen LogP contribution in [0.4, 0.5) is 0 Å². The number of hydrogen-bond donors (Lipinski definition) is 2. The van der Waals surface area contributed by atoms with Crippen molar-refractivity contribution in [3.8, 4) is 0 Å². The van der Waals surface area contributed by atoms with Crippen molar-refractivity contribution in [1.29, 1.82) is 0 Å². The average molecular weight is 246 g/mol. The molecule has 3 heteroatoms. The molecule has 18 heavy (non-hydrogen) atoms. The predicted molar refractivity (Wildman–Crippen MR) is 73.8 cm³/mol. The fourth-order valence-electron chi connectivity index (χ4n) is 2.42. The Hall–Kier alpha value is -1.35. The highest BCUT2D eigenvalue weighted by Gasteiger charge is 2.12. The second kappa shape index (κ2) is 6.55. The summed E-state index contributed by atoms with van der Waals surface area (Å²) in [7, 11) is 0. The third-order valence-electron chi connectivity index (χ3n) is 3.47. The van der Waals surface area contributed by atoms with Gasteiger partial charge in [0.2, 0.25) is 0 Å². The molecule has 0 aromatic heterocycles. The number of carbonyl (C=O) groups excluding carboxylic acids is 1. The lowest BCUT2D eigenvalue weighted by Crippen LogP contribution is -2.37. The Morgan fingerprint density at radius 2 is 2.33 bits per heavy atom. The fraction of sp³-hybridized carbons (Fsp3) is 0.533. The number of aryl methyl sites for hydroxylation is 1. The lowest BCUT2D eigenvalue weighted by Gasteiger charge is -2.23. The van der Waals surface area contributed by atoms with Gasteiger partial charge in [0.25, 0.3) is 5.91 Å². The van der Waals surface area contributed by atoms with Crippen LogP contribution in [0.1, 0.15) is 41.6 Å². The van der Waals surface area contributed by atoms with E-state index in [1.54, 1.807) is 0 Å². The SMILES string of the molecule is Cc1cccc(C(=O)NCCC2CCCCN2)c1. The standard InChI is InChI=1S/C15H22N2O/c1-12-5-4-6-13(11-12)15(18)17-10-8-14-7-2-3-9-16-14/h4-6,11,14,16H,2-3,7-10H2,1H3,(H,17,18). The van der Waals surface area contributed by atoms with Crippen molar-refractivity contribution in [2.45, 2.75) is 38.6 Å². The summed E-state index contributed by atoms with van der Waals surface area (Å²) in [6.45, 7) is 3.88. The molecule has 1 aliphatic heterocycles. The second-order valence-electron chi connectivity index (χ2n) is 5.06. The molecule has 0 aliphatic carbocycles. The highest BCUT2D eigenvalue weighted by atomic mass is 16.1. The van der Waals surface area contributed by atoms with E-state index in [1.165, 1.54) is 19.3 Å². The van der Waals surface area contributed by atoms with Gasteiger partial charge in [0.15, 0.2) is 0 Å². The van der Waals surface area contributed by atoms with Crippen LogP contribution < -0.4 is 10.6 Å². The smallest absolute Gasteiger partial charge is 0.251 e. The van der Waals surface area contributed by atoms with E-state index in [0.717, 1.165) is 30.6 Å². The highest BCUT2D eigenvalue weighted by Crippen LogP contribution is 2.09. The number of nitrogens with one attached hydrogen (secondary N) is 2. The zero-order chi connectivity index (χ0) is 12.8. The molecule has 1 aromatic rings. The molecule has 2 rings (SSSR count). The van der Waals surface area contributed by atoms with Crippen molar-refractivity contribution >= 4 is 5.91 Å². The van der Waals surface area contributed by atoms with Gasteiger partial charge in [-0.2, -0.15) is 0 Å². The molecule has 2 N–H and O–H groups in total. The van der Waals surface area contributed by atoms with Gasteiger partial charge in [-0.25, -0.2) is 0 Å². The van der Waals surface area contributed by atoms with E-state index in [9.17, 15) is 4.79 Å². The monoisotopic (exact) mass is 246 g/mol. The molecule has 1 aromatic carbocycles. The predicted octanol–water partition coefficient (Wildman–Crippen LogP) is 2.26. The molecule has 0 radical (unpaired) electrons. The molecule has 98 valence electrons. The van der Waals surface area contributed by atoms with Gasteiger partial charge in [-0.05, 0) is 44.9 Å². The normalized spacial score (nSPS) is 19.5. The van der Waals surface area contributed by atoms with E-state index in [1.807, 2.05) is 31.2 Å². The summed E-state index contributed by atoms with van der Waals surface area (Å²) >= 11 is 0. The molecular formula is C15H22N2O. The first-order valence-electron chi connectivity index (χ1n) is 6.84. The van der Waals surface area contributed by atoms with Crippen LogP contribution in [0.5, 0.6) is 0 Å². The number of amides is 1. The van der Waals surface area contributed by atoms with E-state index in [-0.39, 0.29) is 5.91 Å². The van der Waals surface area contributed by atoms with Crippen molar-refractivity contribution in [3.05, 3.63) is 35.4 Å². The summed E-state index contributed by atoms with van der Waals surface area (Å²) in [6, 6.07) is 8.29. The van der Waals surface area contributed by atoms with Crippen LogP contribution in [0, 0.1) is 6.92 Å². The number of carbonyl (C=O) groups is 1. The summed E-state index contributed by atoms with van der Waals surface area (Å²) < 4.78 is 0. The van der Waals surface area contributed by atoms with E-state index in [0.29, 0.717) is 6.04 Å². The van der Waals surface area contributed by atoms with Gasteiger partial charge >= 0.3 is 0 Å². The van der Waals surface area contributed by atoms with Crippen LogP contribution in [-0.2, 0) is 0 Å². The Bertz CT molecular complexity index is 397. The van der Waals surface area contributed by atoms with Crippen LogP contribution >= 0.6 is 0 Å². The average Bonchev–Trinajstić information content (AvgIpc) is 2.40. The Balaban J connectivity index is 1.74. The molecule has 1 amide bonds. The third-order valence-corrected chi connectivity index (χ3v) is 3.47. The maximum absolute atomic E-state index is 11.9. The van der Waals surface area contributed by atoms with Gasteiger partial charge in [-0.3, -0.25) is 4.79 Å². The Labute approximate surface area is 109 Å². The number of piperidine rings is 1. The van der Waals surface area contributed by atoms with Crippen molar-refractivity contribution in [2.24, 2.45) is 0 Å². The maximum atomic E-state index is 11.9. The second-order valence-corrected chi connectivity index (χ2v) is 5.06. The van der Waals surface area contributed by atoms with Gasteiger partial charge in [0.1, 0.15) is 0 Å². The minimum Gasteiger partial charge on any atom is -0.352 e. The lowest BCUT2D eigenvalue weighted by molar-refractivity contribution is 0.0951. The zero-order valence-electron chi connectivity index (χ0n) is 11.0. The lowest BCUT2D eigenvalue weighted by atomic mass is 10.0. The van der Waals surface area contributed by atoms with Crippen LogP contribution in [-0.4, -0.2) is 25.0 Å². The molecule has 1 fully saturated rings. The summed E-state index contributed by atoms with van der Waals surface area (Å²) in [6.07, 6.45) is 4.85. The van der Waals surface area contributed by atoms with Gasteiger partial charge in [0.05, 0.1) is 0 Å². The van der Waals surface area contributed by atoms with E-state index in [4.69, 9.17) is 0 Å². The molecule has 1 atom stereocenters. The first-order valence-corrected chi connectivity index (χ1v) is 6.84. The third kappa shape index (κ3) is 3.84. The van der Waals surface area contributed by atoms with Crippen LogP contribution in [0.25, 0.3) is 0 Å². The highest BCUT2D eigenvalue weighted by molar-refractivity contribution is 5.94. The van der Waals surface area contributed by atoms with Crippen LogP contribution in [0.2, 0.25) is 0 Å². The van der Waals surface area contributed by atoms with Crippen molar-refractivity contribution in [3.63, 3.8) is 0 Å². The first kappa shape index (κ1) is 13.1. The molecule has 0 spiro atoms. The number of benzene rings is 1. The van der Waals surface area contributed by atoms with E-state index < -0.39 is 0 Å². The molecule has 1 heterocycles. The van der Waals surface area contributed by atoms with Crippen molar-refractivity contribution < 1.29 is 4.79 Å². The summed E-state index contributed by atoms with van der Waals surface area (Å²) in [5, 5.41) is 6.48. The summed E-state index contributed by atoms with van der Waals surface area (Å²) in [5.74, 6) is 0.0366. The molecule has 1 aliphatic rings.